The summed E-state index contributed by atoms with van der Waals surface area (Å²) in [5, 5.41) is 0. The van der Waals surface area contributed by atoms with E-state index in [0.717, 1.165) is 11.4 Å². The molecule has 1 aromatic heterocycles. The number of aryl methyl sites for hydroxylation is 2. The number of hydrogen-bond acceptors (Lipinski definition) is 1. The third-order valence-electron chi connectivity index (χ3n) is 3.68. The molecule has 0 atom stereocenters. The third-order valence-corrected chi connectivity index (χ3v) is 3.68. The van der Waals surface area contributed by atoms with Crippen LogP contribution >= 0.6 is 0 Å². The van der Waals surface area contributed by atoms with Crippen LogP contribution in [0.5, 0.6) is 0 Å². The Hall–Kier alpha value is -2.29. The van der Waals surface area contributed by atoms with Gasteiger partial charge in [0.15, 0.2) is 0 Å². The third kappa shape index (κ3) is 4.35. The predicted octanol–water partition coefficient (Wildman–Crippen LogP) is 3.44. The van der Waals surface area contributed by atoms with Crippen molar-refractivity contribution >= 4 is 7.85 Å². The normalized spacial score (nSPS) is 10.0. The van der Waals surface area contributed by atoms with Gasteiger partial charge in [0.05, 0.1) is 12.0 Å². The van der Waals surface area contributed by atoms with Crippen LogP contribution in [0.3, 0.4) is 0 Å². The largest absolute Gasteiger partial charge is 0.348 e. The Morgan fingerprint density at radius 1 is 0.857 bits per heavy atom. The van der Waals surface area contributed by atoms with Crippen molar-refractivity contribution in [3.63, 3.8) is 0 Å². The van der Waals surface area contributed by atoms with Gasteiger partial charge in [-0.05, 0) is 30.8 Å². The van der Waals surface area contributed by atoms with Crippen LogP contribution < -0.4 is 0 Å². The summed E-state index contributed by atoms with van der Waals surface area (Å²) in [6, 6.07) is 21.2. The molecule has 3 rings (SSSR count). The van der Waals surface area contributed by atoms with Gasteiger partial charge in [0.2, 0.25) is 0 Å². The maximum Gasteiger partial charge on any atom is 0.116 e. The van der Waals surface area contributed by atoms with Gasteiger partial charge in [-0.2, -0.15) is 0 Å². The van der Waals surface area contributed by atoms with E-state index in [1.807, 2.05) is 13.8 Å². The number of aromatic nitrogens is 2. The van der Waals surface area contributed by atoms with Gasteiger partial charge in [0.1, 0.15) is 7.85 Å². The summed E-state index contributed by atoms with van der Waals surface area (Å²) in [6.45, 7) is 3.98. The summed E-state index contributed by atoms with van der Waals surface area (Å²) in [7, 11) is 2.24. The lowest BCUT2D eigenvalue weighted by Crippen LogP contribution is -1.99. The highest BCUT2D eigenvalue weighted by Gasteiger charge is 2.05. The molecule has 0 unspecified atom stereocenters. The van der Waals surface area contributed by atoms with Crippen molar-refractivity contribution in [3.8, 4) is 0 Å². The van der Waals surface area contributed by atoms with Crippen molar-refractivity contribution in [3.05, 3.63) is 89.5 Å². The highest BCUT2D eigenvalue weighted by Crippen LogP contribution is 2.20. The SMILES string of the molecule is BC(c1ccccc1)c1ccccc1.Cc1nc[nH]c1C. The second-order valence-corrected chi connectivity index (χ2v) is 5.16. The first-order valence-electron chi connectivity index (χ1n) is 7.25. The van der Waals surface area contributed by atoms with E-state index in [1.165, 1.54) is 11.1 Å². The summed E-state index contributed by atoms with van der Waals surface area (Å²) in [4.78, 5) is 6.92. The van der Waals surface area contributed by atoms with Gasteiger partial charge >= 0.3 is 0 Å². The van der Waals surface area contributed by atoms with Crippen molar-refractivity contribution < 1.29 is 0 Å². The van der Waals surface area contributed by atoms with Gasteiger partial charge in [-0.15, -0.1) is 0 Å². The Bertz CT molecular complexity index is 591. The molecular formula is C18H21BN2. The molecule has 106 valence electrons. The quantitative estimate of drug-likeness (QED) is 0.714. The van der Waals surface area contributed by atoms with E-state index in [9.17, 15) is 0 Å². The molecule has 1 N–H and O–H groups in total. The lowest BCUT2D eigenvalue weighted by molar-refractivity contribution is 1.14. The van der Waals surface area contributed by atoms with Crippen molar-refractivity contribution in [2.45, 2.75) is 19.7 Å². The number of H-pyrrole nitrogens is 1. The number of nitrogens with zero attached hydrogens (tertiary/aromatic N) is 1. The fourth-order valence-electron chi connectivity index (χ4n) is 2.10. The van der Waals surface area contributed by atoms with Crippen LogP contribution in [0.4, 0.5) is 0 Å². The van der Waals surface area contributed by atoms with Crippen LogP contribution in [-0.2, 0) is 0 Å². The van der Waals surface area contributed by atoms with Crippen molar-refractivity contribution in [1.82, 2.24) is 9.97 Å². The maximum atomic E-state index is 3.96. The Balaban J connectivity index is 0.000000194. The molecule has 0 aliphatic heterocycles. The minimum absolute atomic E-state index is 0.484. The Morgan fingerprint density at radius 2 is 1.33 bits per heavy atom. The molecule has 3 aromatic rings. The fraction of sp³-hybridized carbons (Fsp3) is 0.167. The van der Waals surface area contributed by atoms with Gasteiger partial charge < -0.3 is 4.98 Å². The molecule has 0 aliphatic carbocycles. The molecule has 0 saturated carbocycles. The Labute approximate surface area is 127 Å². The summed E-state index contributed by atoms with van der Waals surface area (Å²) in [5.74, 6) is 0.484. The van der Waals surface area contributed by atoms with E-state index < -0.39 is 0 Å². The van der Waals surface area contributed by atoms with E-state index in [4.69, 9.17) is 0 Å². The highest BCUT2D eigenvalue weighted by atomic mass is 14.9. The van der Waals surface area contributed by atoms with Crippen LogP contribution in [0.2, 0.25) is 0 Å². The zero-order chi connectivity index (χ0) is 15.1. The molecule has 0 radical (unpaired) electrons. The lowest BCUT2D eigenvalue weighted by Gasteiger charge is -2.11. The van der Waals surface area contributed by atoms with E-state index in [0.29, 0.717) is 5.82 Å². The van der Waals surface area contributed by atoms with Crippen LogP contribution in [0, 0.1) is 13.8 Å². The number of imidazole rings is 1. The molecule has 3 heteroatoms. The summed E-state index contributed by atoms with van der Waals surface area (Å²) in [5.41, 5.74) is 4.98. The standard InChI is InChI=1S/C13H13B.C5H8N2/c14-13(11-7-3-1-4-8-11)12-9-5-2-6-10-12;1-4-5(2)7-3-6-4/h1-10,13H,14H2;3H,1-2H3,(H,6,7). The highest BCUT2D eigenvalue weighted by molar-refractivity contribution is 6.14. The maximum absolute atomic E-state index is 3.96. The summed E-state index contributed by atoms with van der Waals surface area (Å²) >= 11 is 0. The lowest BCUT2D eigenvalue weighted by atomic mass is 9.76. The van der Waals surface area contributed by atoms with Crippen molar-refractivity contribution in [2.75, 3.05) is 0 Å². The number of nitrogens with one attached hydrogen (secondary N) is 1. The number of rotatable bonds is 2. The van der Waals surface area contributed by atoms with E-state index >= 15 is 0 Å². The van der Waals surface area contributed by atoms with Gasteiger partial charge in [-0.3, -0.25) is 0 Å². The first kappa shape index (κ1) is 15.1. The topological polar surface area (TPSA) is 28.7 Å². The molecule has 2 aromatic carbocycles. The molecule has 1 heterocycles. The molecule has 0 aliphatic rings. The molecule has 2 nitrogen and oxygen atoms in total. The zero-order valence-corrected chi connectivity index (χ0v) is 12.9. The molecule has 0 bridgehead atoms. The minimum Gasteiger partial charge on any atom is -0.348 e. The van der Waals surface area contributed by atoms with Crippen LogP contribution in [0.25, 0.3) is 0 Å². The molecule has 0 spiro atoms. The molecule has 21 heavy (non-hydrogen) atoms. The smallest absolute Gasteiger partial charge is 0.116 e. The molecule has 0 amide bonds. The minimum atomic E-state index is 0.484. The molecule has 0 fully saturated rings. The first-order chi connectivity index (χ1) is 10.2. The summed E-state index contributed by atoms with van der Waals surface area (Å²) < 4.78 is 0. The van der Waals surface area contributed by atoms with Gasteiger partial charge in [-0.25, -0.2) is 4.98 Å². The van der Waals surface area contributed by atoms with E-state index in [1.54, 1.807) is 6.33 Å². The first-order valence-corrected chi connectivity index (χ1v) is 7.25. The number of hydrogen-bond donors (Lipinski definition) is 1. The average Bonchev–Trinajstić information content (AvgIpc) is 2.92. The van der Waals surface area contributed by atoms with Gasteiger partial charge in [-0.1, -0.05) is 60.7 Å². The van der Waals surface area contributed by atoms with E-state index in [-0.39, 0.29) is 0 Å². The average molecular weight is 276 g/mol. The van der Waals surface area contributed by atoms with E-state index in [2.05, 4.69) is 78.5 Å². The number of aromatic amines is 1. The monoisotopic (exact) mass is 276 g/mol. The van der Waals surface area contributed by atoms with Crippen molar-refractivity contribution in [2.24, 2.45) is 0 Å². The predicted molar refractivity (Wildman–Crippen MR) is 91.3 cm³/mol. The Morgan fingerprint density at radius 3 is 1.62 bits per heavy atom. The van der Waals surface area contributed by atoms with Gasteiger partial charge in [0.25, 0.3) is 0 Å². The molecule has 0 saturated heterocycles. The van der Waals surface area contributed by atoms with Crippen LogP contribution in [-0.4, -0.2) is 17.8 Å². The number of benzene rings is 2. The van der Waals surface area contributed by atoms with Crippen LogP contribution in [0.1, 0.15) is 28.3 Å². The zero-order valence-electron chi connectivity index (χ0n) is 12.9. The van der Waals surface area contributed by atoms with Crippen LogP contribution in [0.15, 0.2) is 67.0 Å². The second-order valence-electron chi connectivity index (χ2n) is 5.16. The summed E-state index contributed by atoms with van der Waals surface area (Å²) in [6.07, 6.45) is 1.70. The van der Waals surface area contributed by atoms with Crippen molar-refractivity contribution in [1.29, 1.82) is 0 Å². The second kappa shape index (κ2) is 7.48. The Kier molecular flexibility index (Phi) is 5.39. The molecular weight excluding hydrogens is 255 g/mol. The fourth-order valence-corrected chi connectivity index (χ4v) is 2.10. The van der Waals surface area contributed by atoms with Gasteiger partial charge in [0, 0.05) is 5.69 Å².